The number of carbonyl (C=O) groups is 1. The third kappa shape index (κ3) is 2.82. The molecule has 22 heavy (non-hydrogen) atoms. The summed E-state index contributed by atoms with van der Waals surface area (Å²) < 4.78 is 6.65. The summed E-state index contributed by atoms with van der Waals surface area (Å²) in [6.07, 6.45) is 1.55. The predicted octanol–water partition coefficient (Wildman–Crippen LogP) is 1.64. The zero-order valence-corrected chi connectivity index (χ0v) is 12.3. The summed E-state index contributed by atoms with van der Waals surface area (Å²) in [5.74, 6) is 7.21. The Morgan fingerprint density at radius 3 is 2.64 bits per heavy atom. The van der Waals surface area contributed by atoms with Gasteiger partial charge < -0.3 is 16.0 Å². The summed E-state index contributed by atoms with van der Waals surface area (Å²) in [7, 11) is 0. The second kappa shape index (κ2) is 5.94. The zero-order chi connectivity index (χ0) is 15.5. The van der Waals surface area contributed by atoms with Crippen LogP contribution in [0.1, 0.15) is 15.9 Å². The minimum Gasteiger partial charge on any atom is -0.461 e. The van der Waals surface area contributed by atoms with Gasteiger partial charge in [0, 0.05) is 11.3 Å². The first-order valence-electron chi connectivity index (χ1n) is 6.41. The van der Waals surface area contributed by atoms with Crippen molar-refractivity contribution in [2.24, 2.45) is 5.73 Å². The fourth-order valence-corrected chi connectivity index (χ4v) is 2.67. The highest BCUT2D eigenvalue weighted by Crippen LogP contribution is 2.24. The van der Waals surface area contributed by atoms with Crippen molar-refractivity contribution in [3.05, 3.63) is 53.8 Å². The number of furan rings is 1. The van der Waals surface area contributed by atoms with Crippen LogP contribution >= 0.6 is 11.8 Å². The van der Waals surface area contributed by atoms with E-state index in [0.29, 0.717) is 28.1 Å². The number of aromatic nitrogens is 3. The smallest absolute Gasteiger partial charge is 0.248 e. The zero-order valence-electron chi connectivity index (χ0n) is 11.5. The molecule has 0 saturated carbocycles. The number of nitrogen functional groups attached to an aromatic ring is 1. The second-order valence-electron chi connectivity index (χ2n) is 4.50. The number of hydrogen-bond donors (Lipinski definition) is 2. The van der Waals surface area contributed by atoms with Crippen molar-refractivity contribution in [2.75, 3.05) is 5.84 Å². The van der Waals surface area contributed by atoms with Crippen molar-refractivity contribution in [2.45, 2.75) is 10.9 Å². The molecule has 2 aromatic heterocycles. The summed E-state index contributed by atoms with van der Waals surface area (Å²) in [4.78, 5) is 11.0. The van der Waals surface area contributed by atoms with Crippen LogP contribution in [0.2, 0.25) is 0 Å². The molecule has 112 valence electrons. The Morgan fingerprint density at radius 2 is 2.00 bits per heavy atom. The van der Waals surface area contributed by atoms with E-state index < -0.39 is 5.91 Å². The van der Waals surface area contributed by atoms with Gasteiger partial charge in [0.15, 0.2) is 5.76 Å². The first-order valence-corrected chi connectivity index (χ1v) is 7.39. The molecule has 1 aromatic carbocycles. The fourth-order valence-electron chi connectivity index (χ4n) is 1.86. The monoisotopic (exact) mass is 315 g/mol. The Balaban J connectivity index is 1.70. The average molecular weight is 315 g/mol. The molecule has 7 nitrogen and oxygen atoms in total. The van der Waals surface area contributed by atoms with Crippen LogP contribution in [0.4, 0.5) is 0 Å². The third-order valence-electron chi connectivity index (χ3n) is 3.01. The van der Waals surface area contributed by atoms with Crippen molar-refractivity contribution in [1.82, 2.24) is 14.9 Å². The van der Waals surface area contributed by atoms with Crippen LogP contribution in [0, 0.1) is 0 Å². The molecule has 3 rings (SSSR count). The average Bonchev–Trinajstić information content (AvgIpc) is 3.15. The number of rotatable bonds is 5. The van der Waals surface area contributed by atoms with Gasteiger partial charge in [0.25, 0.3) is 0 Å². The standard InChI is InChI=1S/C14H13N5O2S/c15-12(20)10-5-3-9(4-6-10)8-22-14-18-17-13(19(14)16)11-2-1-7-21-11/h1-7H,8,16H2,(H2,15,20). The molecule has 0 bridgehead atoms. The number of nitrogens with zero attached hydrogens (tertiary/aromatic N) is 3. The summed E-state index contributed by atoms with van der Waals surface area (Å²) >= 11 is 1.44. The van der Waals surface area contributed by atoms with Crippen LogP contribution < -0.4 is 11.6 Å². The Bertz CT molecular complexity index is 780. The Hall–Kier alpha value is -2.74. The van der Waals surface area contributed by atoms with Gasteiger partial charge in [0.1, 0.15) is 0 Å². The number of thioether (sulfide) groups is 1. The van der Waals surface area contributed by atoms with E-state index in [1.54, 1.807) is 30.5 Å². The van der Waals surface area contributed by atoms with Crippen molar-refractivity contribution >= 4 is 17.7 Å². The molecule has 0 aliphatic carbocycles. The molecule has 0 spiro atoms. The van der Waals surface area contributed by atoms with Crippen LogP contribution in [-0.4, -0.2) is 20.8 Å². The van der Waals surface area contributed by atoms with Crippen molar-refractivity contribution in [3.8, 4) is 11.6 Å². The molecule has 0 aliphatic rings. The maximum Gasteiger partial charge on any atom is 0.248 e. The van der Waals surface area contributed by atoms with Crippen molar-refractivity contribution < 1.29 is 9.21 Å². The number of benzene rings is 1. The van der Waals surface area contributed by atoms with Gasteiger partial charge in [-0.2, -0.15) is 0 Å². The Labute approximate surface area is 130 Å². The fraction of sp³-hybridized carbons (Fsp3) is 0.0714. The molecule has 0 atom stereocenters. The lowest BCUT2D eigenvalue weighted by Crippen LogP contribution is -2.11. The molecule has 4 N–H and O–H groups in total. The van der Waals surface area contributed by atoms with Gasteiger partial charge in [0.05, 0.1) is 6.26 Å². The highest BCUT2D eigenvalue weighted by molar-refractivity contribution is 7.98. The van der Waals surface area contributed by atoms with E-state index in [4.69, 9.17) is 16.0 Å². The van der Waals surface area contributed by atoms with Crippen LogP contribution in [0.25, 0.3) is 11.6 Å². The molecular weight excluding hydrogens is 302 g/mol. The largest absolute Gasteiger partial charge is 0.461 e. The van der Waals surface area contributed by atoms with E-state index in [-0.39, 0.29) is 0 Å². The maximum absolute atomic E-state index is 11.0. The van der Waals surface area contributed by atoms with E-state index in [2.05, 4.69) is 10.2 Å². The van der Waals surface area contributed by atoms with Crippen molar-refractivity contribution in [1.29, 1.82) is 0 Å². The van der Waals surface area contributed by atoms with Crippen LogP contribution in [-0.2, 0) is 5.75 Å². The van der Waals surface area contributed by atoms with Crippen molar-refractivity contribution in [3.63, 3.8) is 0 Å². The molecule has 3 aromatic rings. The van der Waals surface area contributed by atoms with Gasteiger partial charge in [-0.1, -0.05) is 23.9 Å². The lowest BCUT2D eigenvalue weighted by Gasteiger charge is -2.03. The van der Waals surface area contributed by atoms with Gasteiger partial charge >= 0.3 is 0 Å². The van der Waals surface area contributed by atoms with Gasteiger partial charge in [-0.15, -0.1) is 10.2 Å². The predicted molar refractivity (Wildman–Crippen MR) is 82.4 cm³/mol. The minimum atomic E-state index is -0.441. The van der Waals surface area contributed by atoms with E-state index in [1.807, 2.05) is 12.1 Å². The first-order chi connectivity index (χ1) is 10.6. The summed E-state index contributed by atoms with van der Waals surface area (Å²) in [6, 6.07) is 10.6. The molecule has 1 amide bonds. The highest BCUT2D eigenvalue weighted by atomic mass is 32.2. The number of amides is 1. The lowest BCUT2D eigenvalue weighted by atomic mass is 10.1. The van der Waals surface area contributed by atoms with E-state index in [0.717, 1.165) is 5.56 Å². The molecular formula is C14H13N5O2S. The lowest BCUT2D eigenvalue weighted by molar-refractivity contribution is 0.100. The number of nitrogens with two attached hydrogens (primary N) is 2. The van der Waals surface area contributed by atoms with Crippen LogP contribution in [0.15, 0.2) is 52.2 Å². The topological polar surface area (TPSA) is 113 Å². The molecule has 8 heteroatoms. The SMILES string of the molecule is NC(=O)c1ccc(CSc2nnc(-c3ccco3)n2N)cc1. The van der Waals surface area contributed by atoms with Gasteiger partial charge in [-0.3, -0.25) is 4.79 Å². The molecule has 0 unspecified atom stereocenters. The van der Waals surface area contributed by atoms with E-state index >= 15 is 0 Å². The quantitative estimate of drug-likeness (QED) is 0.546. The first kappa shape index (κ1) is 14.2. The normalized spacial score (nSPS) is 10.7. The van der Waals surface area contributed by atoms with E-state index in [9.17, 15) is 4.79 Å². The highest BCUT2D eigenvalue weighted by Gasteiger charge is 2.14. The van der Waals surface area contributed by atoms with Gasteiger partial charge in [-0.25, -0.2) is 4.68 Å². The maximum atomic E-state index is 11.0. The molecule has 0 radical (unpaired) electrons. The second-order valence-corrected chi connectivity index (χ2v) is 5.45. The van der Waals surface area contributed by atoms with Gasteiger partial charge in [-0.05, 0) is 29.8 Å². The third-order valence-corrected chi connectivity index (χ3v) is 4.03. The van der Waals surface area contributed by atoms with Gasteiger partial charge in [0.2, 0.25) is 16.9 Å². The van der Waals surface area contributed by atoms with Crippen LogP contribution in [0.5, 0.6) is 0 Å². The summed E-state index contributed by atoms with van der Waals surface area (Å²) in [5.41, 5.74) is 6.71. The van der Waals surface area contributed by atoms with E-state index in [1.165, 1.54) is 16.4 Å². The molecule has 0 aliphatic heterocycles. The molecule has 2 heterocycles. The molecule has 0 saturated heterocycles. The Kier molecular flexibility index (Phi) is 3.84. The van der Waals surface area contributed by atoms with Crippen LogP contribution in [0.3, 0.4) is 0 Å². The molecule has 0 fully saturated rings. The number of primary amides is 1. The minimum absolute atomic E-state index is 0.441. The Morgan fingerprint density at radius 1 is 1.23 bits per heavy atom. The summed E-state index contributed by atoms with van der Waals surface area (Å²) in [5, 5.41) is 8.64. The number of carbonyl (C=O) groups excluding carboxylic acids is 1. The number of hydrogen-bond acceptors (Lipinski definition) is 6. The summed E-state index contributed by atoms with van der Waals surface area (Å²) in [6.45, 7) is 0.